The van der Waals surface area contributed by atoms with E-state index >= 15 is 0 Å². The number of carbonyl (C=O) groups excluding carboxylic acids is 3. The molecule has 3 N–H and O–H groups in total. The van der Waals surface area contributed by atoms with Crippen molar-refractivity contribution < 1.29 is 34.4 Å². The molecule has 1 aliphatic carbocycles. The molecule has 1 atom stereocenters. The molecule has 0 bridgehead atoms. The molecule has 0 saturated carbocycles. The van der Waals surface area contributed by atoms with Crippen molar-refractivity contribution in [1.82, 2.24) is 0 Å². The van der Waals surface area contributed by atoms with Gasteiger partial charge >= 0.3 is 0 Å². The Labute approximate surface area is 218 Å². The number of aliphatic hydroxyl groups is 1. The van der Waals surface area contributed by atoms with Crippen molar-refractivity contribution in [3.63, 3.8) is 0 Å². The maximum atomic E-state index is 13.4. The number of ether oxygens (including phenoxy) is 1. The maximum Gasteiger partial charge on any atom is 0.193 e. The molecule has 0 spiro atoms. The number of phenolic OH excluding ortho intramolecular Hbond substituents is 2. The second-order valence-corrected chi connectivity index (χ2v) is 9.47. The molecule has 7 nitrogen and oxygen atoms in total. The fourth-order valence-electron chi connectivity index (χ4n) is 4.93. The highest BCUT2D eigenvalue weighted by molar-refractivity contribution is 6.26. The summed E-state index contributed by atoms with van der Waals surface area (Å²) in [4.78, 5) is 38.8. The molecular weight excluding hydrogens is 484 g/mol. The molecule has 0 saturated heterocycles. The molecule has 38 heavy (non-hydrogen) atoms. The number of phenols is 2. The molecule has 3 aromatic carbocycles. The average molecular weight is 509 g/mol. The summed E-state index contributed by atoms with van der Waals surface area (Å²) >= 11 is 0. The minimum absolute atomic E-state index is 0.0188. The highest BCUT2D eigenvalue weighted by Gasteiger charge is 2.55. The number of hydrogen-bond acceptors (Lipinski definition) is 7. The zero-order valence-electron chi connectivity index (χ0n) is 20.9. The van der Waals surface area contributed by atoms with Gasteiger partial charge in [-0.25, -0.2) is 0 Å². The van der Waals surface area contributed by atoms with Crippen LogP contribution in [0, 0.1) is 6.92 Å². The third kappa shape index (κ3) is 3.63. The number of aliphatic hydroxyl groups excluding tert-OH is 1. The first-order valence-electron chi connectivity index (χ1n) is 11.9. The third-order valence-electron chi connectivity index (χ3n) is 7.09. The molecule has 5 rings (SSSR count). The molecule has 3 aromatic rings. The first-order chi connectivity index (χ1) is 18.1. The number of aromatic hydroxyl groups is 2. The van der Waals surface area contributed by atoms with Crippen LogP contribution in [0.1, 0.15) is 40.9 Å². The first-order valence-corrected chi connectivity index (χ1v) is 11.9. The topological polar surface area (TPSA) is 121 Å². The summed E-state index contributed by atoms with van der Waals surface area (Å²) in [6, 6.07) is 17.4. The Bertz CT molecular complexity index is 1620. The maximum absolute atomic E-state index is 13.4. The molecule has 1 heterocycles. The van der Waals surface area contributed by atoms with E-state index in [-0.39, 0.29) is 28.2 Å². The van der Waals surface area contributed by atoms with Gasteiger partial charge in [-0.15, -0.1) is 0 Å². The summed E-state index contributed by atoms with van der Waals surface area (Å²) in [5.74, 6) is -3.78. The van der Waals surface area contributed by atoms with Crippen molar-refractivity contribution >= 4 is 23.4 Å². The predicted octanol–water partition coefficient (Wildman–Crippen LogP) is 5.49. The van der Waals surface area contributed by atoms with Crippen LogP contribution in [0.2, 0.25) is 0 Å². The van der Waals surface area contributed by atoms with Crippen LogP contribution in [-0.2, 0) is 15.0 Å². The molecule has 0 aromatic heterocycles. The van der Waals surface area contributed by atoms with Crippen molar-refractivity contribution in [2.45, 2.75) is 26.2 Å². The van der Waals surface area contributed by atoms with E-state index in [4.69, 9.17) is 4.74 Å². The van der Waals surface area contributed by atoms with E-state index in [1.54, 1.807) is 6.08 Å². The zero-order valence-corrected chi connectivity index (χ0v) is 20.9. The molecule has 190 valence electrons. The number of carbonyl (C=O) groups is 3. The number of allylic oxidation sites excluding steroid dienone is 4. The minimum atomic E-state index is -1.67. The van der Waals surface area contributed by atoms with Gasteiger partial charge in [-0.05, 0) is 43.5 Å². The quantitative estimate of drug-likeness (QED) is 0.237. The summed E-state index contributed by atoms with van der Waals surface area (Å²) in [6.45, 7) is 4.00. The standard InChI is InChI=1S/C31H24O7/c1-16-27(35)25(21(33)14-11-18-9-12-20(13-10-18)19-7-5-4-6-8-19)29-26(28(16)36)31(3)23(38-29)15-22(34)24(17(2)32)30(31)37/h4-15,34-36H,1-3H3/b14-11+/t31-/m1/s1. The van der Waals surface area contributed by atoms with Crippen LogP contribution < -0.4 is 4.74 Å². The molecule has 2 aliphatic rings. The van der Waals surface area contributed by atoms with Crippen molar-refractivity contribution in [3.8, 4) is 28.4 Å². The summed E-state index contributed by atoms with van der Waals surface area (Å²) < 4.78 is 5.83. The zero-order chi connectivity index (χ0) is 27.4. The number of benzene rings is 3. The van der Waals surface area contributed by atoms with Crippen LogP contribution in [0.25, 0.3) is 17.2 Å². The van der Waals surface area contributed by atoms with E-state index in [2.05, 4.69) is 0 Å². The van der Waals surface area contributed by atoms with Crippen LogP contribution >= 0.6 is 0 Å². The number of Topliss-reactive ketones (excluding diaryl/α,β-unsaturated/α-hetero) is 2. The van der Waals surface area contributed by atoms with Gasteiger partial charge < -0.3 is 20.1 Å². The van der Waals surface area contributed by atoms with Crippen molar-refractivity contribution in [2.75, 3.05) is 0 Å². The number of hydrogen-bond donors (Lipinski definition) is 3. The van der Waals surface area contributed by atoms with Gasteiger partial charge in [0.05, 0.1) is 5.56 Å². The fourth-order valence-corrected chi connectivity index (χ4v) is 4.93. The Hall–Kier alpha value is -4.91. The van der Waals surface area contributed by atoms with Gasteiger partial charge in [0.2, 0.25) is 0 Å². The van der Waals surface area contributed by atoms with Gasteiger partial charge in [0.25, 0.3) is 0 Å². The summed E-state index contributed by atoms with van der Waals surface area (Å²) in [7, 11) is 0. The second-order valence-electron chi connectivity index (χ2n) is 9.47. The average Bonchev–Trinajstić information content (AvgIpc) is 3.19. The van der Waals surface area contributed by atoms with E-state index in [0.29, 0.717) is 0 Å². The lowest BCUT2D eigenvalue weighted by molar-refractivity contribution is -0.123. The fraction of sp³-hybridized carbons (Fsp3) is 0.129. The SMILES string of the molecule is CC(=O)C1=C(O)C=C2Oc3c(C(=O)/C=C/c4ccc(-c5ccccc5)cc4)c(O)c(C)c(O)c3[C@]2(C)C1=O. The normalized spacial score (nSPS) is 18.2. The molecule has 0 fully saturated rings. The Morgan fingerprint density at radius 1 is 0.921 bits per heavy atom. The lowest BCUT2D eigenvalue weighted by Crippen LogP contribution is -2.38. The Balaban J connectivity index is 1.55. The highest BCUT2D eigenvalue weighted by atomic mass is 16.5. The predicted molar refractivity (Wildman–Crippen MR) is 141 cm³/mol. The van der Waals surface area contributed by atoms with Crippen LogP contribution in [0.4, 0.5) is 0 Å². The molecule has 0 unspecified atom stereocenters. The summed E-state index contributed by atoms with van der Waals surface area (Å²) in [5.41, 5.74) is 0.423. The van der Waals surface area contributed by atoms with Gasteiger partial charge in [-0.3, -0.25) is 14.4 Å². The van der Waals surface area contributed by atoms with Crippen molar-refractivity contribution in [2.24, 2.45) is 0 Å². The van der Waals surface area contributed by atoms with E-state index in [1.807, 2.05) is 54.6 Å². The van der Waals surface area contributed by atoms with Crippen LogP contribution in [-0.4, -0.2) is 32.7 Å². The first kappa shape index (κ1) is 24.8. The smallest absolute Gasteiger partial charge is 0.193 e. The lowest BCUT2D eigenvalue weighted by atomic mass is 9.71. The van der Waals surface area contributed by atoms with Crippen LogP contribution in [0.5, 0.6) is 17.2 Å². The van der Waals surface area contributed by atoms with E-state index < -0.39 is 45.6 Å². The molecule has 0 amide bonds. The summed E-state index contributed by atoms with van der Waals surface area (Å²) in [5, 5.41) is 32.1. The summed E-state index contributed by atoms with van der Waals surface area (Å²) in [6.07, 6.45) is 3.98. The van der Waals surface area contributed by atoms with Gasteiger partial charge in [0, 0.05) is 11.6 Å². The van der Waals surface area contributed by atoms with Crippen LogP contribution in [0.15, 0.2) is 83.8 Å². The van der Waals surface area contributed by atoms with E-state index in [1.165, 1.54) is 19.9 Å². The number of rotatable bonds is 5. The van der Waals surface area contributed by atoms with Gasteiger partial charge in [-0.2, -0.15) is 0 Å². The minimum Gasteiger partial charge on any atom is -0.507 e. The second kappa shape index (κ2) is 8.88. The van der Waals surface area contributed by atoms with E-state index in [0.717, 1.165) is 29.7 Å². The highest BCUT2D eigenvalue weighted by Crippen LogP contribution is 2.57. The molecule has 7 heteroatoms. The van der Waals surface area contributed by atoms with Crippen molar-refractivity contribution in [3.05, 3.63) is 106 Å². The number of ketones is 3. The Morgan fingerprint density at radius 2 is 1.55 bits per heavy atom. The molecule has 0 radical (unpaired) electrons. The van der Waals surface area contributed by atoms with E-state index in [9.17, 15) is 29.7 Å². The number of fused-ring (bicyclic) bond motifs is 3. The molecule has 1 aliphatic heterocycles. The molecular formula is C31H24O7. The van der Waals surface area contributed by atoms with Gasteiger partial charge in [-0.1, -0.05) is 60.7 Å². The van der Waals surface area contributed by atoms with Crippen molar-refractivity contribution in [1.29, 1.82) is 0 Å². The van der Waals surface area contributed by atoms with Crippen LogP contribution in [0.3, 0.4) is 0 Å². The Morgan fingerprint density at radius 3 is 2.18 bits per heavy atom. The Kier molecular flexibility index (Phi) is 5.79. The largest absolute Gasteiger partial charge is 0.507 e. The lowest BCUT2D eigenvalue weighted by Gasteiger charge is -2.28. The van der Waals surface area contributed by atoms with Gasteiger partial charge in [0.15, 0.2) is 17.3 Å². The van der Waals surface area contributed by atoms with Gasteiger partial charge in [0.1, 0.15) is 45.3 Å². The third-order valence-corrected chi connectivity index (χ3v) is 7.09. The monoisotopic (exact) mass is 508 g/mol.